The number of halogens is 3. The molecule has 0 aromatic carbocycles. The number of pyridine rings is 1. The summed E-state index contributed by atoms with van der Waals surface area (Å²) in [6, 6.07) is 6.39. The molecule has 0 saturated heterocycles. The van der Waals surface area contributed by atoms with Crippen molar-refractivity contribution in [3.8, 4) is 11.4 Å². The fraction of sp³-hybridized carbons (Fsp3) is 0.381. The van der Waals surface area contributed by atoms with Crippen molar-refractivity contribution in [1.29, 1.82) is 0 Å². The van der Waals surface area contributed by atoms with Crippen molar-refractivity contribution in [2.75, 3.05) is 25.0 Å². The average molecular weight is 478 g/mol. The van der Waals surface area contributed by atoms with Gasteiger partial charge in [0.15, 0.2) is 5.01 Å². The summed E-state index contributed by atoms with van der Waals surface area (Å²) in [7, 11) is 0. The summed E-state index contributed by atoms with van der Waals surface area (Å²) in [5, 5.41) is 15.2. The maximum Gasteiger partial charge on any atom is 0.280 e. The summed E-state index contributed by atoms with van der Waals surface area (Å²) in [5.74, 6) is -3.68. The van der Waals surface area contributed by atoms with E-state index in [9.17, 15) is 18.0 Å². The highest BCUT2D eigenvalue weighted by Crippen LogP contribution is 2.43. The Hall–Kier alpha value is -3.12. The summed E-state index contributed by atoms with van der Waals surface area (Å²) >= 11 is 1.01. The van der Waals surface area contributed by atoms with Crippen LogP contribution in [0.4, 0.5) is 19.0 Å². The van der Waals surface area contributed by atoms with Crippen LogP contribution in [0.1, 0.15) is 34.8 Å². The fourth-order valence-corrected chi connectivity index (χ4v) is 4.28. The summed E-state index contributed by atoms with van der Waals surface area (Å²) < 4.78 is 40.7. The van der Waals surface area contributed by atoms with E-state index in [4.69, 9.17) is 5.73 Å². The molecule has 0 atom stereocenters. The molecular formula is C21H22F3N7OS. The number of nitrogens with two attached hydrogens (primary N) is 1. The van der Waals surface area contributed by atoms with Gasteiger partial charge in [-0.3, -0.25) is 9.78 Å². The van der Waals surface area contributed by atoms with Crippen molar-refractivity contribution in [2.45, 2.75) is 30.6 Å². The summed E-state index contributed by atoms with van der Waals surface area (Å²) in [6.07, 6.45) is 4.27. The van der Waals surface area contributed by atoms with Crippen LogP contribution in [0.2, 0.25) is 0 Å². The lowest BCUT2D eigenvalue weighted by Gasteiger charge is -2.41. The Morgan fingerprint density at radius 3 is 2.67 bits per heavy atom. The molecule has 174 valence electrons. The molecule has 3 heterocycles. The van der Waals surface area contributed by atoms with Crippen LogP contribution in [0.5, 0.6) is 0 Å². The Labute approximate surface area is 191 Å². The monoisotopic (exact) mass is 477 g/mol. The minimum absolute atomic E-state index is 0.0335. The molecule has 0 bridgehead atoms. The van der Waals surface area contributed by atoms with Crippen LogP contribution in [0.15, 0.2) is 35.8 Å². The van der Waals surface area contributed by atoms with Gasteiger partial charge in [0, 0.05) is 23.5 Å². The molecule has 4 N–H and O–H groups in total. The number of anilines is 1. The molecule has 3 aromatic heterocycles. The van der Waals surface area contributed by atoms with E-state index in [2.05, 4.69) is 30.8 Å². The molecule has 0 unspecified atom stereocenters. The van der Waals surface area contributed by atoms with E-state index in [0.717, 1.165) is 30.6 Å². The third-order valence-electron chi connectivity index (χ3n) is 5.61. The highest BCUT2D eigenvalue weighted by atomic mass is 32.1. The SMILES string of the molecule is NCC(F)(F)CNC(=O)c1nc(-c2ccc(NCC3(c4ncccc4F)CCC3)nn2)cs1. The number of nitrogens with zero attached hydrogens (tertiary/aromatic N) is 4. The Kier molecular flexibility index (Phi) is 6.56. The molecule has 1 aliphatic carbocycles. The third kappa shape index (κ3) is 5.11. The minimum Gasteiger partial charge on any atom is -0.368 e. The molecule has 8 nitrogen and oxygen atoms in total. The first kappa shape index (κ1) is 23.1. The molecule has 1 fully saturated rings. The van der Waals surface area contributed by atoms with Crippen molar-refractivity contribution < 1.29 is 18.0 Å². The Balaban J connectivity index is 1.38. The average Bonchev–Trinajstić information content (AvgIpc) is 3.29. The van der Waals surface area contributed by atoms with Gasteiger partial charge in [-0.1, -0.05) is 6.42 Å². The van der Waals surface area contributed by atoms with Crippen LogP contribution < -0.4 is 16.4 Å². The van der Waals surface area contributed by atoms with Gasteiger partial charge in [0.05, 0.1) is 18.8 Å². The summed E-state index contributed by atoms with van der Waals surface area (Å²) in [4.78, 5) is 20.4. The van der Waals surface area contributed by atoms with E-state index in [0.29, 0.717) is 29.4 Å². The quantitative estimate of drug-likeness (QED) is 0.434. The number of carbonyl (C=O) groups excluding carboxylic acids is 1. The van der Waals surface area contributed by atoms with Crippen molar-refractivity contribution >= 4 is 23.1 Å². The number of amides is 1. The highest BCUT2D eigenvalue weighted by molar-refractivity contribution is 7.12. The smallest absolute Gasteiger partial charge is 0.280 e. The zero-order valence-corrected chi connectivity index (χ0v) is 18.3. The van der Waals surface area contributed by atoms with Crippen LogP contribution in [-0.2, 0) is 5.41 Å². The lowest BCUT2D eigenvalue weighted by atomic mass is 9.66. The van der Waals surface area contributed by atoms with Crippen LogP contribution in [0.3, 0.4) is 0 Å². The molecule has 0 spiro atoms. The maximum absolute atomic E-state index is 14.3. The summed E-state index contributed by atoms with van der Waals surface area (Å²) in [5.41, 5.74) is 5.89. The number of hydrogen-bond donors (Lipinski definition) is 3. The van der Waals surface area contributed by atoms with E-state index in [1.807, 2.05) is 0 Å². The van der Waals surface area contributed by atoms with Crippen molar-refractivity contribution in [2.24, 2.45) is 5.73 Å². The second-order valence-electron chi connectivity index (χ2n) is 7.91. The van der Waals surface area contributed by atoms with Gasteiger partial charge < -0.3 is 16.4 Å². The van der Waals surface area contributed by atoms with Crippen LogP contribution in [-0.4, -0.2) is 51.6 Å². The molecule has 33 heavy (non-hydrogen) atoms. The van der Waals surface area contributed by atoms with Gasteiger partial charge in [-0.05, 0) is 37.1 Å². The molecular weight excluding hydrogens is 455 g/mol. The maximum atomic E-state index is 14.3. The first-order valence-corrected chi connectivity index (χ1v) is 11.2. The van der Waals surface area contributed by atoms with Crippen LogP contribution >= 0.6 is 11.3 Å². The first-order chi connectivity index (χ1) is 15.8. The van der Waals surface area contributed by atoms with E-state index < -0.39 is 24.9 Å². The van der Waals surface area contributed by atoms with Gasteiger partial charge in [-0.15, -0.1) is 21.5 Å². The number of thiazole rings is 1. The number of rotatable bonds is 9. The van der Waals surface area contributed by atoms with Gasteiger partial charge in [0.2, 0.25) is 0 Å². The molecule has 0 radical (unpaired) electrons. The molecule has 0 aliphatic heterocycles. The van der Waals surface area contributed by atoms with Gasteiger partial charge in [0.25, 0.3) is 11.8 Å². The van der Waals surface area contributed by atoms with Gasteiger partial charge >= 0.3 is 0 Å². The molecule has 1 aliphatic rings. The molecule has 1 saturated carbocycles. The minimum atomic E-state index is -3.18. The molecule has 3 aromatic rings. The lowest BCUT2D eigenvalue weighted by Crippen LogP contribution is -2.42. The highest BCUT2D eigenvalue weighted by Gasteiger charge is 2.41. The molecule has 12 heteroatoms. The number of carbonyl (C=O) groups is 1. The Bertz CT molecular complexity index is 1120. The predicted molar refractivity (Wildman–Crippen MR) is 118 cm³/mol. The van der Waals surface area contributed by atoms with E-state index in [1.54, 1.807) is 29.8 Å². The van der Waals surface area contributed by atoms with E-state index in [-0.39, 0.29) is 16.2 Å². The van der Waals surface area contributed by atoms with Gasteiger partial charge in [-0.2, -0.15) is 0 Å². The van der Waals surface area contributed by atoms with Crippen molar-refractivity contribution in [3.63, 3.8) is 0 Å². The second kappa shape index (κ2) is 9.40. The molecule has 1 amide bonds. The molecule has 4 rings (SSSR count). The zero-order valence-electron chi connectivity index (χ0n) is 17.5. The second-order valence-corrected chi connectivity index (χ2v) is 8.76. The fourth-order valence-electron chi connectivity index (χ4n) is 3.55. The number of aromatic nitrogens is 4. The van der Waals surface area contributed by atoms with E-state index >= 15 is 0 Å². The van der Waals surface area contributed by atoms with Crippen LogP contribution in [0, 0.1) is 5.82 Å². The number of nitrogens with one attached hydrogen (secondary N) is 2. The lowest BCUT2D eigenvalue weighted by molar-refractivity contribution is 0.0118. The van der Waals surface area contributed by atoms with Crippen LogP contribution in [0.25, 0.3) is 11.4 Å². The van der Waals surface area contributed by atoms with E-state index in [1.165, 1.54) is 6.07 Å². The van der Waals surface area contributed by atoms with Crippen molar-refractivity contribution in [1.82, 2.24) is 25.5 Å². The zero-order chi connectivity index (χ0) is 23.5. The topological polar surface area (TPSA) is 119 Å². The Morgan fingerprint density at radius 2 is 2.03 bits per heavy atom. The van der Waals surface area contributed by atoms with Gasteiger partial charge in [0.1, 0.15) is 23.0 Å². The first-order valence-electron chi connectivity index (χ1n) is 10.3. The predicted octanol–water partition coefficient (Wildman–Crippen LogP) is 2.99. The summed E-state index contributed by atoms with van der Waals surface area (Å²) in [6.45, 7) is -1.24. The number of hydrogen-bond acceptors (Lipinski definition) is 8. The normalized spacial score (nSPS) is 15.0. The van der Waals surface area contributed by atoms with Crippen molar-refractivity contribution in [3.05, 3.63) is 52.4 Å². The number of alkyl halides is 2. The largest absolute Gasteiger partial charge is 0.368 e. The Morgan fingerprint density at radius 1 is 1.21 bits per heavy atom. The third-order valence-corrected chi connectivity index (χ3v) is 6.45. The van der Waals surface area contributed by atoms with Gasteiger partial charge in [-0.25, -0.2) is 18.2 Å². The standard InChI is InChI=1S/C21H22F3N7OS/c22-13-3-1-8-26-17(13)20(6-2-7-20)11-27-16-5-4-14(30-31-16)15-9-33-19(29-15)18(32)28-12-21(23,24)10-25/h1,3-5,8-9H,2,6-7,10-12,25H2,(H,27,31)(H,28,32).